The van der Waals surface area contributed by atoms with Crippen molar-refractivity contribution >= 4 is 32.9 Å². The van der Waals surface area contributed by atoms with Gasteiger partial charge in [0.15, 0.2) is 23.1 Å². The number of para-hydroxylation sites is 3. The van der Waals surface area contributed by atoms with Gasteiger partial charge in [-0.3, -0.25) is 0 Å². The second-order valence-electron chi connectivity index (χ2n) is 11.2. The van der Waals surface area contributed by atoms with Gasteiger partial charge in [0.05, 0.1) is 11.0 Å². The van der Waals surface area contributed by atoms with Gasteiger partial charge in [-0.2, -0.15) is 0 Å². The van der Waals surface area contributed by atoms with E-state index < -0.39 is 0 Å². The molecule has 0 aliphatic heterocycles. The molecule has 0 atom stereocenters. The third kappa shape index (κ3) is 4.43. The summed E-state index contributed by atoms with van der Waals surface area (Å²) in [7, 11) is 0. The van der Waals surface area contributed by atoms with Crippen molar-refractivity contribution in [2.24, 2.45) is 0 Å². The minimum absolute atomic E-state index is 0.617. The van der Waals surface area contributed by atoms with Crippen LogP contribution in [0.3, 0.4) is 0 Å². The van der Waals surface area contributed by atoms with Gasteiger partial charge in [-0.05, 0) is 60.7 Å². The highest BCUT2D eigenvalue weighted by Gasteiger charge is 2.16. The Morgan fingerprint density at radius 3 is 1.63 bits per heavy atom. The van der Waals surface area contributed by atoms with Crippen LogP contribution >= 0.6 is 0 Å². The summed E-state index contributed by atoms with van der Waals surface area (Å²) in [6, 6.07) is 51.2. The van der Waals surface area contributed by atoms with Crippen molar-refractivity contribution in [2.45, 2.75) is 0 Å². The van der Waals surface area contributed by atoms with Gasteiger partial charge >= 0.3 is 0 Å². The molecular formula is C40H25N5O. The Morgan fingerprint density at radius 1 is 0.413 bits per heavy atom. The minimum Gasteiger partial charge on any atom is -0.436 e. The van der Waals surface area contributed by atoms with Gasteiger partial charge in [-0.25, -0.2) is 19.9 Å². The predicted octanol–water partition coefficient (Wildman–Crippen LogP) is 9.78. The van der Waals surface area contributed by atoms with Crippen LogP contribution in [-0.4, -0.2) is 24.5 Å². The summed E-state index contributed by atoms with van der Waals surface area (Å²) in [4.78, 5) is 19.4. The van der Waals surface area contributed by atoms with Crippen LogP contribution in [0.4, 0.5) is 0 Å². The molecule has 0 radical (unpaired) electrons. The Kier molecular flexibility index (Phi) is 6.03. The van der Waals surface area contributed by atoms with Crippen molar-refractivity contribution in [3.05, 3.63) is 152 Å². The molecule has 0 saturated heterocycles. The number of aromatic nitrogens is 5. The molecule has 0 bridgehead atoms. The number of hydrogen-bond acceptors (Lipinski definition) is 5. The topological polar surface area (TPSA) is 69.6 Å². The lowest BCUT2D eigenvalue weighted by Crippen LogP contribution is -2.00. The quantitative estimate of drug-likeness (QED) is 0.199. The molecule has 6 aromatic carbocycles. The summed E-state index contributed by atoms with van der Waals surface area (Å²) in [5, 5.41) is 2.30. The van der Waals surface area contributed by atoms with Crippen molar-refractivity contribution in [3.63, 3.8) is 0 Å². The first kappa shape index (κ1) is 26.0. The molecule has 3 aromatic heterocycles. The molecule has 46 heavy (non-hydrogen) atoms. The zero-order valence-corrected chi connectivity index (χ0v) is 24.6. The molecule has 0 amide bonds. The maximum Gasteiger partial charge on any atom is 0.227 e. The molecule has 0 N–H and O–H groups in total. The standard InChI is InChI=1S/C40H25N5O/c1-3-11-26(12-4-1)37-42-38(27-13-5-2-6-14-27)44-39(43-37)28-19-22-30(23-20-28)45-34-17-9-7-15-31(34)32-25-29(21-24-35(32)45)40-41-33-16-8-10-18-36(33)46-40/h1-25H. The summed E-state index contributed by atoms with van der Waals surface area (Å²) < 4.78 is 8.39. The Labute approximate surface area is 264 Å². The van der Waals surface area contributed by atoms with E-state index in [9.17, 15) is 0 Å². The summed E-state index contributed by atoms with van der Waals surface area (Å²) in [6.07, 6.45) is 0. The third-order valence-electron chi connectivity index (χ3n) is 8.30. The van der Waals surface area contributed by atoms with Crippen LogP contribution in [0.1, 0.15) is 0 Å². The Bertz CT molecular complexity index is 2430. The molecule has 0 unspecified atom stereocenters. The fourth-order valence-electron chi connectivity index (χ4n) is 6.08. The first-order valence-electron chi connectivity index (χ1n) is 15.2. The minimum atomic E-state index is 0.617. The molecule has 9 aromatic rings. The van der Waals surface area contributed by atoms with Crippen molar-refractivity contribution in [2.75, 3.05) is 0 Å². The molecule has 9 rings (SSSR count). The zero-order valence-electron chi connectivity index (χ0n) is 24.6. The third-order valence-corrected chi connectivity index (χ3v) is 8.30. The van der Waals surface area contributed by atoms with E-state index in [0.717, 1.165) is 60.8 Å². The van der Waals surface area contributed by atoms with Crippen molar-refractivity contribution < 1.29 is 4.42 Å². The average molecular weight is 592 g/mol. The van der Waals surface area contributed by atoms with Crippen LogP contribution < -0.4 is 0 Å². The van der Waals surface area contributed by atoms with Gasteiger partial charge in [0.1, 0.15) is 5.52 Å². The van der Waals surface area contributed by atoms with Crippen molar-refractivity contribution in [1.29, 1.82) is 0 Å². The average Bonchev–Trinajstić information content (AvgIpc) is 3.72. The summed E-state index contributed by atoms with van der Waals surface area (Å²) >= 11 is 0. The molecule has 216 valence electrons. The summed E-state index contributed by atoms with van der Waals surface area (Å²) in [5.74, 6) is 2.53. The van der Waals surface area contributed by atoms with Crippen LogP contribution in [0.15, 0.2) is 156 Å². The van der Waals surface area contributed by atoms with E-state index in [-0.39, 0.29) is 0 Å². The smallest absolute Gasteiger partial charge is 0.227 e. The number of oxazole rings is 1. The summed E-state index contributed by atoms with van der Waals surface area (Å²) in [6.45, 7) is 0. The van der Waals surface area contributed by atoms with Gasteiger partial charge < -0.3 is 8.98 Å². The maximum atomic E-state index is 6.10. The summed E-state index contributed by atoms with van der Waals surface area (Å²) in [5.41, 5.74) is 8.66. The van der Waals surface area contributed by atoms with E-state index >= 15 is 0 Å². The Morgan fingerprint density at radius 2 is 0.957 bits per heavy atom. The molecule has 0 aliphatic rings. The monoisotopic (exact) mass is 591 g/mol. The number of benzene rings is 6. The Hall–Kier alpha value is -6.40. The van der Waals surface area contributed by atoms with Crippen LogP contribution in [0, 0.1) is 0 Å². The van der Waals surface area contributed by atoms with Crippen LogP contribution in [0.25, 0.3) is 84.2 Å². The van der Waals surface area contributed by atoms with E-state index in [1.165, 1.54) is 0 Å². The van der Waals surface area contributed by atoms with Crippen LogP contribution in [0.5, 0.6) is 0 Å². The largest absolute Gasteiger partial charge is 0.436 e. The maximum absolute atomic E-state index is 6.10. The van der Waals surface area contributed by atoms with Crippen LogP contribution in [0.2, 0.25) is 0 Å². The molecule has 3 heterocycles. The van der Waals surface area contributed by atoms with E-state index in [1.807, 2.05) is 84.9 Å². The van der Waals surface area contributed by atoms with E-state index in [0.29, 0.717) is 23.4 Å². The first-order valence-corrected chi connectivity index (χ1v) is 15.2. The van der Waals surface area contributed by atoms with E-state index in [2.05, 4.69) is 71.3 Å². The highest BCUT2D eigenvalue weighted by molar-refractivity contribution is 6.10. The number of rotatable bonds is 5. The van der Waals surface area contributed by atoms with Crippen molar-refractivity contribution in [3.8, 4) is 51.3 Å². The molecule has 6 heteroatoms. The lowest BCUT2D eigenvalue weighted by Gasteiger charge is -2.11. The zero-order chi connectivity index (χ0) is 30.5. The lowest BCUT2D eigenvalue weighted by atomic mass is 10.1. The number of nitrogens with zero attached hydrogens (tertiary/aromatic N) is 5. The molecule has 6 nitrogen and oxygen atoms in total. The number of hydrogen-bond donors (Lipinski definition) is 0. The normalized spacial score (nSPS) is 11.5. The first-order chi connectivity index (χ1) is 22.8. The van der Waals surface area contributed by atoms with E-state index in [4.69, 9.17) is 24.4 Å². The van der Waals surface area contributed by atoms with Crippen molar-refractivity contribution in [1.82, 2.24) is 24.5 Å². The van der Waals surface area contributed by atoms with Gasteiger partial charge in [0, 0.05) is 38.7 Å². The molecule has 0 saturated carbocycles. The highest BCUT2D eigenvalue weighted by atomic mass is 16.3. The fourth-order valence-corrected chi connectivity index (χ4v) is 6.08. The number of fused-ring (bicyclic) bond motifs is 4. The van der Waals surface area contributed by atoms with Gasteiger partial charge in [0.2, 0.25) is 5.89 Å². The fraction of sp³-hybridized carbons (Fsp3) is 0. The lowest BCUT2D eigenvalue weighted by molar-refractivity contribution is 0.620. The SMILES string of the molecule is c1ccc(-c2nc(-c3ccccc3)nc(-c3ccc(-n4c5ccccc5c5cc(-c6nc7ccccc7o6)ccc54)cc3)n2)cc1. The van der Waals surface area contributed by atoms with Gasteiger partial charge in [-0.1, -0.05) is 91.0 Å². The van der Waals surface area contributed by atoms with E-state index in [1.54, 1.807) is 0 Å². The molecule has 0 aliphatic carbocycles. The van der Waals surface area contributed by atoms with Crippen LogP contribution in [-0.2, 0) is 0 Å². The predicted molar refractivity (Wildman–Crippen MR) is 183 cm³/mol. The molecular weight excluding hydrogens is 566 g/mol. The Balaban J connectivity index is 1.15. The highest BCUT2D eigenvalue weighted by Crippen LogP contribution is 2.36. The molecule has 0 fully saturated rings. The second-order valence-corrected chi connectivity index (χ2v) is 11.2. The second kappa shape index (κ2) is 10.6. The molecule has 0 spiro atoms. The van der Waals surface area contributed by atoms with Gasteiger partial charge in [-0.15, -0.1) is 0 Å². The van der Waals surface area contributed by atoms with Gasteiger partial charge in [0.25, 0.3) is 0 Å².